The van der Waals surface area contributed by atoms with Gasteiger partial charge in [-0.05, 0) is 188 Å². The van der Waals surface area contributed by atoms with E-state index >= 15 is 0 Å². The summed E-state index contributed by atoms with van der Waals surface area (Å²) in [4.78, 5) is 7.00. The summed E-state index contributed by atoms with van der Waals surface area (Å²) in [6.07, 6.45) is 0. The molecule has 0 N–H and O–H groups in total. The lowest BCUT2D eigenvalue weighted by Gasteiger charge is -2.27. The lowest BCUT2D eigenvalue weighted by molar-refractivity contribution is 1.27. The Kier molecular flexibility index (Phi) is 13.3. The summed E-state index contributed by atoms with van der Waals surface area (Å²) in [6, 6.07) is 97.3. The van der Waals surface area contributed by atoms with Gasteiger partial charge >= 0.3 is 0 Å². The summed E-state index contributed by atoms with van der Waals surface area (Å²) < 4.78 is 0. The molecule has 0 unspecified atom stereocenters. The highest BCUT2D eigenvalue weighted by Gasteiger charge is 2.17. The second-order valence-electron chi connectivity index (χ2n) is 19.5. The van der Waals surface area contributed by atoms with E-state index in [1.165, 1.54) is 50.1 Å². The average molecular weight is 954 g/mol. The molecule has 0 atom stereocenters. The van der Waals surface area contributed by atoms with Crippen molar-refractivity contribution in [3.63, 3.8) is 0 Å². The minimum Gasteiger partial charge on any atom is -0.311 e. The monoisotopic (exact) mass is 953 g/mol. The maximum atomic E-state index is 2.34. The van der Waals surface area contributed by atoms with Gasteiger partial charge in [0.1, 0.15) is 0 Å². The first-order chi connectivity index (χ1) is 36.2. The molecule has 0 amide bonds. The highest BCUT2D eigenvalue weighted by atomic mass is 15.2. The number of anilines is 9. The van der Waals surface area contributed by atoms with Crippen LogP contribution in [0.5, 0.6) is 0 Å². The SMILES string of the molecule is Cc1ccc(-c2ccc(N(c3ccc(C)cc3)c3ccc(-c4ccc(N(c5ccc(C)cc5)c5ccc(-c6ccc(N(c7ccc(C)cc7)c7ccc(-c8ccc(C)cc8)cc7)cc6)cc5)cc4)cc3)cc2)cc1. The standard InChI is InChI=1S/C71H59N3/c1-50-6-16-55(17-7-50)57-20-38-66(39-21-57)72(63-32-10-52(3)11-33-63)68-42-24-59(25-43-68)61-28-46-70(47-29-61)74(65-36-14-54(5)15-37-65)71-48-30-62(31-49-71)60-26-44-69(45-27-60)73(64-34-12-53(4)13-35-64)67-40-22-58(23-41-67)56-18-8-51(2)9-19-56/h6-49H,1-5H3. The molecule has 3 nitrogen and oxygen atoms in total. The van der Waals surface area contributed by atoms with Gasteiger partial charge in [0.25, 0.3) is 0 Å². The number of hydrogen-bond acceptors (Lipinski definition) is 3. The fourth-order valence-corrected chi connectivity index (χ4v) is 9.73. The van der Waals surface area contributed by atoms with E-state index < -0.39 is 0 Å². The lowest BCUT2D eigenvalue weighted by Crippen LogP contribution is -2.10. The van der Waals surface area contributed by atoms with Crippen molar-refractivity contribution in [2.75, 3.05) is 14.7 Å². The van der Waals surface area contributed by atoms with E-state index in [4.69, 9.17) is 0 Å². The van der Waals surface area contributed by atoms with Crippen LogP contribution in [0.25, 0.3) is 44.5 Å². The van der Waals surface area contributed by atoms with E-state index in [-0.39, 0.29) is 0 Å². The predicted molar refractivity (Wildman–Crippen MR) is 316 cm³/mol. The third-order valence-corrected chi connectivity index (χ3v) is 14.1. The molecule has 11 aromatic carbocycles. The van der Waals surface area contributed by atoms with Crippen LogP contribution in [0.4, 0.5) is 51.2 Å². The predicted octanol–water partition coefficient (Wildman–Crippen LogP) is 20.3. The van der Waals surface area contributed by atoms with Crippen LogP contribution in [0.3, 0.4) is 0 Å². The molecule has 0 heterocycles. The van der Waals surface area contributed by atoms with Gasteiger partial charge in [0, 0.05) is 51.2 Å². The van der Waals surface area contributed by atoms with Crippen molar-refractivity contribution in [2.45, 2.75) is 34.6 Å². The zero-order chi connectivity index (χ0) is 50.5. The van der Waals surface area contributed by atoms with Gasteiger partial charge in [-0.3, -0.25) is 0 Å². The molecule has 0 saturated carbocycles. The molecule has 0 fully saturated rings. The van der Waals surface area contributed by atoms with Crippen LogP contribution in [0.15, 0.2) is 267 Å². The average Bonchev–Trinajstić information content (AvgIpc) is 3.44. The molecule has 11 rings (SSSR count). The van der Waals surface area contributed by atoms with Crippen molar-refractivity contribution < 1.29 is 0 Å². The first kappa shape index (κ1) is 47.2. The topological polar surface area (TPSA) is 9.72 Å². The minimum atomic E-state index is 1.09. The van der Waals surface area contributed by atoms with Gasteiger partial charge in [0.15, 0.2) is 0 Å². The molecule has 0 aliphatic heterocycles. The minimum absolute atomic E-state index is 1.09. The van der Waals surface area contributed by atoms with Crippen molar-refractivity contribution in [3.8, 4) is 44.5 Å². The Balaban J connectivity index is 0.844. The molecule has 0 bridgehead atoms. The van der Waals surface area contributed by atoms with Gasteiger partial charge in [-0.2, -0.15) is 0 Å². The summed E-state index contributed by atoms with van der Waals surface area (Å²) in [6.45, 7) is 10.7. The molecule has 0 radical (unpaired) electrons. The number of hydrogen-bond donors (Lipinski definition) is 0. The molecule has 0 aliphatic rings. The highest BCUT2D eigenvalue weighted by Crippen LogP contribution is 2.41. The fraction of sp³-hybridized carbons (Fsp3) is 0.0704. The largest absolute Gasteiger partial charge is 0.311 e. The molecule has 11 aromatic rings. The third-order valence-electron chi connectivity index (χ3n) is 14.1. The van der Waals surface area contributed by atoms with Crippen molar-refractivity contribution in [1.82, 2.24) is 0 Å². The molecule has 358 valence electrons. The van der Waals surface area contributed by atoms with Crippen molar-refractivity contribution in [3.05, 3.63) is 295 Å². The number of rotatable bonds is 13. The molecule has 0 aliphatic carbocycles. The van der Waals surface area contributed by atoms with Gasteiger partial charge in [0.05, 0.1) is 0 Å². The Bertz CT molecular complexity index is 3380. The van der Waals surface area contributed by atoms with Crippen LogP contribution in [-0.2, 0) is 0 Å². The number of benzene rings is 11. The maximum Gasteiger partial charge on any atom is 0.0462 e. The molecule has 0 aromatic heterocycles. The second-order valence-corrected chi connectivity index (χ2v) is 19.5. The Hall–Kier alpha value is -9.18. The smallest absolute Gasteiger partial charge is 0.0462 e. The first-order valence-corrected chi connectivity index (χ1v) is 25.5. The van der Waals surface area contributed by atoms with Crippen LogP contribution < -0.4 is 14.7 Å². The first-order valence-electron chi connectivity index (χ1n) is 25.5. The Morgan fingerprint density at radius 2 is 0.230 bits per heavy atom. The van der Waals surface area contributed by atoms with Crippen molar-refractivity contribution >= 4 is 51.2 Å². The van der Waals surface area contributed by atoms with E-state index in [1.54, 1.807) is 0 Å². The molecule has 0 spiro atoms. The number of nitrogens with zero attached hydrogens (tertiary/aromatic N) is 3. The summed E-state index contributed by atoms with van der Waals surface area (Å²) in [5.74, 6) is 0. The van der Waals surface area contributed by atoms with E-state index in [0.29, 0.717) is 0 Å². The Labute approximate surface area is 437 Å². The third kappa shape index (κ3) is 10.3. The van der Waals surface area contributed by atoms with Crippen molar-refractivity contribution in [1.29, 1.82) is 0 Å². The second kappa shape index (κ2) is 20.9. The Morgan fingerprint density at radius 3 is 0.365 bits per heavy atom. The molecular weight excluding hydrogens is 895 g/mol. The van der Waals surface area contributed by atoms with Gasteiger partial charge in [0.2, 0.25) is 0 Å². The van der Waals surface area contributed by atoms with Crippen LogP contribution in [0.1, 0.15) is 27.8 Å². The van der Waals surface area contributed by atoms with Crippen LogP contribution in [0, 0.1) is 34.6 Å². The van der Waals surface area contributed by atoms with E-state index in [2.05, 4.69) is 316 Å². The van der Waals surface area contributed by atoms with Gasteiger partial charge in [-0.25, -0.2) is 0 Å². The fourth-order valence-electron chi connectivity index (χ4n) is 9.73. The van der Waals surface area contributed by atoms with E-state index in [9.17, 15) is 0 Å². The quantitative estimate of drug-likeness (QED) is 0.114. The molecule has 74 heavy (non-hydrogen) atoms. The lowest BCUT2D eigenvalue weighted by atomic mass is 10.0. The maximum absolute atomic E-state index is 2.34. The molecule has 0 saturated heterocycles. The van der Waals surface area contributed by atoms with Crippen LogP contribution >= 0.6 is 0 Å². The summed E-state index contributed by atoms with van der Waals surface area (Å²) in [5, 5.41) is 0. The van der Waals surface area contributed by atoms with Crippen LogP contribution in [-0.4, -0.2) is 0 Å². The van der Waals surface area contributed by atoms with Gasteiger partial charge < -0.3 is 14.7 Å². The summed E-state index contributed by atoms with van der Waals surface area (Å²) in [7, 11) is 0. The Morgan fingerprint density at radius 1 is 0.135 bits per heavy atom. The van der Waals surface area contributed by atoms with Gasteiger partial charge in [-0.15, -0.1) is 0 Å². The summed E-state index contributed by atoms with van der Waals surface area (Å²) >= 11 is 0. The zero-order valence-corrected chi connectivity index (χ0v) is 42.7. The van der Waals surface area contributed by atoms with E-state index in [1.807, 2.05) is 0 Å². The van der Waals surface area contributed by atoms with Gasteiger partial charge in [-0.1, -0.05) is 186 Å². The zero-order valence-electron chi connectivity index (χ0n) is 42.7. The van der Waals surface area contributed by atoms with E-state index in [0.717, 1.165) is 73.4 Å². The normalized spacial score (nSPS) is 11.0. The van der Waals surface area contributed by atoms with Crippen LogP contribution in [0.2, 0.25) is 0 Å². The van der Waals surface area contributed by atoms with Crippen molar-refractivity contribution in [2.24, 2.45) is 0 Å². The highest BCUT2D eigenvalue weighted by molar-refractivity contribution is 5.84. The number of aryl methyl sites for hydroxylation is 5. The molecular formula is C71H59N3. The molecule has 3 heteroatoms. The summed E-state index contributed by atoms with van der Waals surface area (Å²) in [5.41, 5.74) is 25.7.